The Morgan fingerprint density at radius 1 is 0.944 bits per heavy atom. The highest BCUT2D eigenvalue weighted by atomic mass is 16.5. The zero-order valence-electron chi connectivity index (χ0n) is 20.1. The summed E-state index contributed by atoms with van der Waals surface area (Å²) >= 11 is 0. The molecule has 2 amide bonds. The lowest BCUT2D eigenvalue weighted by atomic mass is 10.1. The van der Waals surface area contributed by atoms with E-state index in [4.69, 9.17) is 4.74 Å². The molecule has 3 aromatic rings. The van der Waals surface area contributed by atoms with E-state index in [-0.39, 0.29) is 18.1 Å². The van der Waals surface area contributed by atoms with E-state index >= 15 is 0 Å². The van der Waals surface area contributed by atoms with E-state index in [1.807, 2.05) is 38.1 Å². The lowest BCUT2D eigenvalue weighted by molar-refractivity contribution is -0.118. The van der Waals surface area contributed by atoms with E-state index in [1.54, 1.807) is 36.4 Å². The Morgan fingerprint density at radius 2 is 1.64 bits per heavy atom. The van der Waals surface area contributed by atoms with Crippen LogP contribution in [-0.4, -0.2) is 31.5 Å². The molecule has 0 saturated carbocycles. The van der Waals surface area contributed by atoms with E-state index in [2.05, 4.69) is 15.4 Å². The third-order valence-electron chi connectivity index (χ3n) is 5.15. The number of esters is 1. The van der Waals surface area contributed by atoms with E-state index in [0.29, 0.717) is 22.6 Å². The van der Waals surface area contributed by atoms with Gasteiger partial charge in [-0.3, -0.25) is 9.59 Å². The lowest BCUT2D eigenvalue weighted by Gasteiger charge is -2.10. The highest BCUT2D eigenvalue weighted by molar-refractivity contribution is 6.09. The number of hydrogen-bond acceptors (Lipinski definition) is 6. The van der Waals surface area contributed by atoms with Crippen LogP contribution in [0.1, 0.15) is 27.0 Å². The van der Waals surface area contributed by atoms with E-state index in [9.17, 15) is 19.6 Å². The van der Waals surface area contributed by atoms with Crippen LogP contribution < -0.4 is 15.4 Å². The average molecular weight is 484 g/mol. The minimum atomic E-state index is -0.591. The quantitative estimate of drug-likeness (QED) is 0.274. The van der Waals surface area contributed by atoms with Crippen molar-refractivity contribution in [3.8, 4) is 11.8 Å². The number of nitrogens with one attached hydrogen (secondary N) is 2. The fraction of sp³-hybridized carbons (Fsp3) is 0.143. The molecule has 0 saturated heterocycles. The number of amides is 2. The molecule has 0 heterocycles. The molecule has 3 aromatic carbocycles. The number of ether oxygens (including phenoxy) is 2. The number of hydrogen-bond donors (Lipinski definition) is 2. The predicted molar refractivity (Wildman–Crippen MR) is 136 cm³/mol. The first-order valence-corrected chi connectivity index (χ1v) is 11.0. The fourth-order valence-corrected chi connectivity index (χ4v) is 3.27. The number of benzene rings is 3. The molecular formula is C28H25N3O5. The first kappa shape index (κ1) is 25.7. The van der Waals surface area contributed by atoms with Gasteiger partial charge in [0.05, 0.1) is 12.7 Å². The zero-order valence-corrected chi connectivity index (χ0v) is 20.1. The Hall–Kier alpha value is -4.90. The molecule has 0 unspecified atom stereocenters. The van der Waals surface area contributed by atoms with Crippen LogP contribution in [0.2, 0.25) is 0 Å². The lowest BCUT2D eigenvalue weighted by Crippen LogP contribution is -2.20. The van der Waals surface area contributed by atoms with Crippen LogP contribution in [-0.2, 0) is 14.3 Å². The van der Waals surface area contributed by atoms with Gasteiger partial charge in [-0.15, -0.1) is 0 Å². The van der Waals surface area contributed by atoms with Crippen LogP contribution in [0.5, 0.6) is 5.75 Å². The molecule has 0 aliphatic heterocycles. The van der Waals surface area contributed by atoms with Gasteiger partial charge in [0.25, 0.3) is 11.8 Å². The van der Waals surface area contributed by atoms with Crippen molar-refractivity contribution in [3.63, 3.8) is 0 Å². The number of carbonyl (C=O) groups excluding carboxylic acids is 3. The molecule has 0 spiro atoms. The SMILES string of the molecule is COC(=O)c1ccc(NC(=O)/C(C#N)=C\c2ccc(OCC(=O)Nc3ccc(C)cc3C)cc2)cc1. The summed E-state index contributed by atoms with van der Waals surface area (Å²) in [7, 11) is 1.28. The number of aryl methyl sites for hydroxylation is 2. The third-order valence-corrected chi connectivity index (χ3v) is 5.15. The molecule has 3 rings (SSSR count). The van der Waals surface area contributed by atoms with Gasteiger partial charge in [0.1, 0.15) is 17.4 Å². The van der Waals surface area contributed by atoms with E-state index in [1.165, 1.54) is 25.3 Å². The minimum absolute atomic E-state index is 0.103. The number of anilines is 2. The van der Waals surface area contributed by atoms with Gasteiger partial charge in [-0.25, -0.2) is 4.79 Å². The molecule has 182 valence electrons. The van der Waals surface area contributed by atoms with Gasteiger partial charge in [0.2, 0.25) is 0 Å². The summed E-state index contributed by atoms with van der Waals surface area (Å²) < 4.78 is 10.2. The first-order chi connectivity index (χ1) is 17.3. The molecule has 0 aliphatic carbocycles. The normalized spacial score (nSPS) is 10.7. The van der Waals surface area contributed by atoms with Crippen molar-refractivity contribution in [2.24, 2.45) is 0 Å². The van der Waals surface area contributed by atoms with Crippen molar-refractivity contribution in [3.05, 3.63) is 94.6 Å². The topological polar surface area (TPSA) is 118 Å². The molecule has 8 heteroatoms. The second-order valence-electron chi connectivity index (χ2n) is 7.92. The molecule has 36 heavy (non-hydrogen) atoms. The van der Waals surface area contributed by atoms with Crippen LogP contribution in [0.4, 0.5) is 11.4 Å². The smallest absolute Gasteiger partial charge is 0.337 e. The number of methoxy groups -OCH3 is 1. The highest BCUT2D eigenvalue weighted by Gasteiger charge is 2.11. The molecule has 0 aromatic heterocycles. The second kappa shape index (κ2) is 12.0. The van der Waals surface area contributed by atoms with E-state index < -0.39 is 11.9 Å². The van der Waals surface area contributed by atoms with Crippen LogP contribution in [0.25, 0.3) is 6.08 Å². The standard InChI is InChI=1S/C28H25N3O5/c1-18-4-13-25(19(2)14-18)31-26(32)17-36-24-11-5-20(6-12-24)15-22(16-29)27(33)30-23-9-7-21(8-10-23)28(34)35-3/h4-15H,17H2,1-3H3,(H,30,33)(H,31,32)/b22-15-. The van der Waals surface area contributed by atoms with Crippen LogP contribution in [0.3, 0.4) is 0 Å². The summed E-state index contributed by atoms with van der Waals surface area (Å²) in [6.07, 6.45) is 1.44. The summed E-state index contributed by atoms with van der Waals surface area (Å²) in [4.78, 5) is 36.2. The predicted octanol–water partition coefficient (Wildman–Crippen LogP) is 4.65. The van der Waals surface area contributed by atoms with Crippen molar-refractivity contribution in [2.75, 3.05) is 24.4 Å². The zero-order chi connectivity index (χ0) is 26.1. The van der Waals surface area contributed by atoms with Gasteiger partial charge in [0.15, 0.2) is 6.61 Å². The molecule has 0 bridgehead atoms. The third kappa shape index (κ3) is 7.05. The maximum atomic E-state index is 12.5. The van der Waals surface area contributed by atoms with Gasteiger partial charge >= 0.3 is 5.97 Å². The largest absolute Gasteiger partial charge is 0.484 e. The minimum Gasteiger partial charge on any atom is -0.484 e. The highest BCUT2D eigenvalue weighted by Crippen LogP contribution is 2.18. The number of nitriles is 1. The van der Waals surface area contributed by atoms with Gasteiger partial charge in [-0.05, 0) is 73.5 Å². The van der Waals surface area contributed by atoms with E-state index in [0.717, 1.165) is 16.8 Å². The molecule has 0 aliphatic rings. The second-order valence-corrected chi connectivity index (χ2v) is 7.92. The molecular weight excluding hydrogens is 458 g/mol. The van der Waals surface area contributed by atoms with Crippen molar-refractivity contribution >= 4 is 35.2 Å². The van der Waals surface area contributed by atoms with Crippen molar-refractivity contribution in [1.29, 1.82) is 5.26 Å². The van der Waals surface area contributed by atoms with Crippen molar-refractivity contribution < 1.29 is 23.9 Å². The van der Waals surface area contributed by atoms with Gasteiger partial charge in [0, 0.05) is 11.4 Å². The van der Waals surface area contributed by atoms with Gasteiger partial charge in [-0.2, -0.15) is 5.26 Å². The Kier molecular flexibility index (Phi) is 8.57. The number of carbonyl (C=O) groups is 3. The molecule has 0 atom stereocenters. The Balaban J connectivity index is 1.57. The molecule has 2 N–H and O–H groups in total. The van der Waals surface area contributed by atoms with Crippen molar-refractivity contribution in [1.82, 2.24) is 0 Å². The maximum Gasteiger partial charge on any atom is 0.337 e. The van der Waals surface area contributed by atoms with Gasteiger partial charge in [-0.1, -0.05) is 29.8 Å². The summed E-state index contributed by atoms with van der Waals surface area (Å²) in [5, 5.41) is 14.9. The maximum absolute atomic E-state index is 12.5. The monoisotopic (exact) mass is 483 g/mol. The molecule has 0 fully saturated rings. The fourth-order valence-electron chi connectivity index (χ4n) is 3.27. The Labute approximate surface area is 209 Å². The van der Waals surface area contributed by atoms with Crippen LogP contribution in [0, 0.1) is 25.2 Å². The number of nitrogens with zero attached hydrogens (tertiary/aromatic N) is 1. The summed E-state index contributed by atoms with van der Waals surface area (Å²) in [6.45, 7) is 3.74. The average Bonchev–Trinajstić information content (AvgIpc) is 2.88. The molecule has 8 nitrogen and oxygen atoms in total. The van der Waals surface area contributed by atoms with Crippen LogP contribution >= 0.6 is 0 Å². The summed E-state index contributed by atoms with van der Waals surface area (Å²) in [5.74, 6) is -0.891. The first-order valence-electron chi connectivity index (χ1n) is 11.0. The summed E-state index contributed by atoms with van der Waals surface area (Å²) in [5.41, 5.74) is 4.09. The van der Waals surface area contributed by atoms with Crippen molar-refractivity contribution in [2.45, 2.75) is 13.8 Å². The molecule has 0 radical (unpaired) electrons. The Morgan fingerprint density at radius 3 is 2.25 bits per heavy atom. The summed E-state index contributed by atoms with van der Waals surface area (Å²) in [6, 6.07) is 20.4. The number of rotatable bonds is 8. The Bertz CT molecular complexity index is 1340. The van der Waals surface area contributed by atoms with Gasteiger partial charge < -0.3 is 20.1 Å². The van der Waals surface area contributed by atoms with Crippen LogP contribution in [0.15, 0.2) is 72.3 Å².